The maximum atomic E-state index is 12.5. The van der Waals surface area contributed by atoms with Crippen molar-refractivity contribution in [2.24, 2.45) is 0 Å². The third kappa shape index (κ3) is 4.13. The summed E-state index contributed by atoms with van der Waals surface area (Å²) in [5, 5.41) is 7.20. The van der Waals surface area contributed by atoms with E-state index in [1.807, 2.05) is 37.3 Å². The number of benzene rings is 1. The molecule has 29 heavy (non-hydrogen) atoms. The Morgan fingerprint density at radius 2 is 1.97 bits per heavy atom. The predicted molar refractivity (Wildman–Crippen MR) is 110 cm³/mol. The summed E-state index contributed by atoms with van der Waals surface area (Å²) in [6, 6.07) is 11.3. The van der Waals surface area contributed by atoms with E-state index in [0.29, 0.717) is 24.6 Å². The van der Waals surface area contributed by atoms with Crippen LogP contribution in [0, 0.1) is 6.92 Å². The minimum atomic E-state index is -0.201. The minimum absolute atomic E-state index is 0.0655. The molecule has 2 aromatic heterocycles. The highest BCUT2D eigenvalue weighted by Gasteiger charge is 2.19. The fourth-order valence-corrected chi connectivity index (χ4v) is 3.90. The van der Waals surface area contributed by atoms with Crippen molar-refractivity contribution in [3.63, 3.8) is 0 Å². The van der Waals surface area contributed by atoms with E-state index >= 15 is 0 Å². The summed E-state index contributed by atoms with van der Waals surface area (Å²) < 4.78 is 3.28. The van der Waals surface area contributed by atoms with E-state index < -0.39 is 0 Å². The number of aromatic nitrogens is 4. The summed E-state index contributed by atoms with van der Waals surface area (Å²) in [5.74, 6) is 0.217. The fraction of sp³-hybridized carbons (Fsp3) is 0.364. The van der Waals surface area contributed by atoms with Gasteiger partial charge in [-0.25, -0.2) is 9.67 Å². The van der Waals surface area contributed by atoms with Gasteiger partial charge < -0.3 is 5.32 Å². The molecule has 2 heterocycles. The van der Waals surface area contributed by atoms with Crippen molar-refractivity contribution in [1.29, 1.82) is 0 Å². The summed E-state index contributed by atoms with van der Waals surface area (Å²) in [4.78, 5) is 29.4. The van der Waals surface area contributed by atoms with Crippen LogP contribution in [-0.4, -0.2) is 31.8 Å². The highest BCUT2D eigenvalue weighted by atomic mass is 16.2. The second-order valence-corrected chi connectivity index (χ2v) is 7.47. The van der Waals surface area contributed by atoms with Gasteiger partial charge in [0.15, 0.2) is 0 Å². The van der Waals surface area contributed by atoms with Crippen LogP contribution < -0.4 is 10.9 Å². The van der Waals surface area contributed by atoms with E-state index in [1.54, 1.807) is 27.8 Å². The maximum Gasteiger partial charge on any atom is 0.254 e. The molecule has 0 bridgehead atoms. The average molecular weight is 391 g/mol. The molecule has 4 rings (SSSR count). The van der Waals surface area contributed by atoms with Gasteiger partial charge in [0.1, 0.15) is 0 Å². The maximum absolute atomic E-state index is 12.5. The molecule has 1 amide bonds. The molecule has 0 aliphatic heterocycles. The summed E-state index contributed by atoms with van der Waals surface area (Å²) in [6.45, 7) is 2.60. The Labute approximate surface area is 169 Å². The van der Waals surface area contributed by atoms with Gasteiger partial charge in [0.05, 0.1) is 35.2 Å². The van der Waals surface area contributed by atoms with E-state index in [1.165, 1.54) is 12.8 Å². The first-order valence-corrected chi connectivity index (χ1v) is 10.1. The van der Waals surface area contributed by atoms with E-state index in [-0.39, 0.29) is 11.5 Å². The molecule has 1 aliphatic carbocycles. The first-order chi connectivity index (χ1) is 14.1. The number of hydrogen-bond donors (Lipinski definition) is 1. The van der Waals surface area contributed by atoms with Crippen molar-refractivity contribution in [2.75, 3.05) is 6.54 Å². The number of amides is 1. The van der Waals surface area contributed by atoms with Gasteiger partial charge in [0.25, 0.3) is 11.5 Å². The monoisotopic (exact) mass is 391 g/mol. The minimum Gasteiger partial charge on any atom is -0.350 e. The first-order valence-electron chi connectivity index (χ1n) is 10.1. The van der Waals surface area contributed by atoms with Crippen LogP contribution >= 0.6 is 0 Å². The van der Waals surface area contributed by atoms with Gasteiger partial charge in [-0.05, 0) is 31.9 Å². The molecule has 1 aromatic carbocycles. The number of nitrogens with one attached hydrogen (secondary N) is 1. The molecule has 1 aliphatic rings. The Bertz CT molecular complexity index is 1050. The number of rotatable bonds is 6. The zero-order valence-electron chi connectivity index (χ0n) is 16.5. The molecule has 7 nitrogen and oxygen atoms in total. The molecule has 7 heteroatoms. The van der Waals surface area contributed by atoms with Gasteiger partial charge in [-0.15, -0.1) is 0 Å². The summed E-state index contributed by atoms with van der Waals surface area (Å²) in [5.41, 5.74) is 3.04. The zero-order chi connectivity index (χ0) is 20.2. The Morgan fingerprint density at radius 3 is 2.69 bits per heavy atom. The van der Waals surface area contributed by atoms with E-state index in [4.69, 9.17) is 0 Å². The van der Waals surface area contributed by atoms with Crippen LogP contribution in [0.25, 0.3) is 5.69 Å². The number of carbonyl (C=O) groups is 1. The summed E-state index contributed by atoms with van der Waals surface area (Å²) in [6.07, 6.45) is 7.82. The zero-order valence-corrected chi connectivity index (χ0v) is 16.5. The molecule has 0 saturated heterocycles. The summed E-state index contributed by atoms with van der Waals surface area (Å²) in [7, 11) is 0. The van der Waals surface area contributed by atoms with Crippen LogP contribution in [0.15, 0.2) is 53.7 Å². The van der Waals surface area contributed by atoms with Crippen molar-refractivity contribution in [1.82, 2.24) is 24.6 Å². The molecule has 0 atom stereocenters. The molecule has 1 N–H and O–H groups in total. The van der Waals surface area contributed by atoms with E-state index in [9.17, 15) is 9.59 Å². The summed E-state index contributed by atoms with van der Waals surface area (Å²) >= 11 is 0. The van der Waals surface area contributed by atoms with Crippen LogP contribution in [0.4, 0.5) is 0 Å². The van der Waals surface area contributed by atoms with Crippen LogP contribution in [0.2, 0.25) is 0 Å². The van der Waals surface area contributed by atoms with Crippen LogP contribution in [0.5, 0.6) is 0 Å². The number of nitrogens with zero attached hydrogens (tertiary/aromatic N) is 4. The predicted octanol–water partition coefficient (Wildman–Crippen LogP) is 2.83. The quantitative estimate of drug-likeness (QED) is 0.701. The van der Waals surface area contributed by atoms with Crippen molar-refractivity contribution >= 4 is 5.91 Å². The smallest absolute Gasteiger partial charge is 0.254 e. The second kappa shape index (κ2) is 8.43. The Balaban J connectivity index is 1.37. The average Bonchev–Trinajstić information content (AvgIpc) is 3.40. The third-order valence-corrected chi connectivity index (χ3v) is 5.57. The second-order valence-electron chi connectivity index (χ2n) is 7.47. The standard InChI is InChI=1S/C22H25N5O2/c1-16-19(14-25-27(16)18-9-3-2-4-10-18)22(29)23-11-12-26-15-24-20(13-21(26)28)17-7-5-6-8-17/h2-4,9-10,13-15,17H,5-8,11-12H2,1H3,(H,23,29). The Kier molecular flexibility index (Phi) is 5.55. The number of para-hydroxylation sites is 1. The van der Waals surface area contributed by atoms with E-state index in [2.05, 4.69) is 15.4 Å². The van der Waals surface area contributed by atoms with Gasteiger partial charge in [-0.2, -0.15) is 5.10 Å². The number of hydrogen-bond acceptors (Lipinski definition) is 4. The van der Waals surface area contributed by atoms with Gasteiger partial charge in [-0.3, -0.25) is 14.2 Å². The highest BCUT2D eigenvalue weighted by Crippen LogP contribution is 2.32. The lowest BCUT2D eigenvalue weighted by Gasteiger charge is -2.11. The topological polar surface area (TPSA) is 81.8 Å². The van der Waals surface area contributed by atoms with Gasteiger partial charge in [-0.1, -0.05) is 31.0 Å². The molecule has 150 valence electrons. The van der Waals surface area contributed by atoms with Crippen LogP contribution in [-0.2, 0) is 6.54 Å². The van der Waals surface area contributed by atoms with Gasteiger partial charge >= 0.3 is 0 Å². The molecule has 1 fully saturated rings. The largest absolute Gasteiger partial charge is 0.350 e. The molecule has 0 spiro atoms. The van der Waals surface area contributed by atoms with Crippen LogP contribution in [0.1, 0.15) is 53.3 Å². The third-order valence-electron chi connectivity index (χ3n) is 5.57. The molecule has 0 unspecified atom stereocenters. The SMILES string of the molecule is Cc1c(C(=O)NCCn2cnc(C3CCCC3)cc2=O)cnn1-c1ccccc1. The Hall–Kier alpha value is -3.22. The van der Waals surface area contributed by atoms with E-state index in [0.717, 1.165) is 29.9 Å². The first kappa shape index (κ1) is 19.1. The lowest BCUT2D eigenvalue weighted by molar-refractivity contribution is 0.0951. The van der Waals surface area contributed by atoms with Crippen molar-refractivity contribution in [3.05, 3.63) is 76.2 Å². The Morgan fingerprint density at radius 1 is 1.21 bits per heavy atom. The molecule has 3 aromatic rings. The molecular weight excluding hydrogens is 366 g/mol. The van der Waals surface area contributed by atoms with Crippen molar-refractivity contribution in [3.8, 4) is 5.69 Å². The lowest BCUT2D eigenvalue weighted by atomic mass is 10.0. The van der Waals surface area contributed by atoms with Gasteiger partial charge in [0.2, 0.25) is 0 Å². The van der Waals surface area contributed by atoms with Crippen molar-refractivity contribution in [2.45, 2.75) is 45.1 Å². The van der Waals surface area contributed by atoms with Gasteiger partial charge in [0, 0.05) is 25.1 Å². The van der Waals surface area contributed by atoms with Crippen LogP contribution in [0.3, 0.4) is 0 Å². The normalized spacial score (nSPS) is 14.2. The molecule has 0 radical (unpaired) electrons. The van der Waals surface area contributed by atoms with Crippen molar-refractivity contribution < 1.29 is 4.79 Å². The highest BCUT2D eigenvalue weighted by molar-refractivity contribution is 5.95. The number of carbonyl (C=O) groups excluding carboxylic acids is 1. The lowest BCUT2D eigenvalue weighted by Crippen LogP contribution is -2.31. The molecule has 1 saturated carbocycles. The fourth-order valence-electron chi connectivity index (χ4n) is 3.90. The molecular formula is C22H25N5O2.